The van der Waals surface area contributed by atoms with Crippen molar-refractivity contribution in [3.63, 3.8) is 0 Å². The van der Waals surface area contributed by atoms with E-state index in [-0.39, 0.29) is 30.9 Å². The van der Waals surface area contributed by atoms with Gasteiger partial charge in [0, 0.05) is 13.1 Å². The van der Waals surface area contributed by atoms with E-state index in [0.717, 1.165) is 0 Å². The summed E-state index contributed by atoms with van der Waals surface area (Å²) in [5.74, 6) is -0.648. The summed E-state index contributed by atoms with van der Waals surface area (Å²) >= 11 is 0. The van der Waals surface area contributed by atoms with Crippen LogP contribution in [-0.4, -0.2) is 68.4 Å². The van der Waals surface area contributed by atoms with E-state index < -0.39 is 23.2 Å². The lowest BCUT2D eigenvalue weighted by Gasteiger charge is -2.47. The molecule has 0 bridgehead atoms. The summed E-state index contributed by atoms with van der Waals surface area (Å²) in [5, 5.41) is 3.14. The second kappa shape index (κ2) is 8.70. The standard InChI is InChI=1S/C18H32N2O6/c1-12(2)13(14(21)24-6)19-9-8-18(15(22)25-7)10-20(11-18)16(23)26-17(3,4)5/h12-13,19H,8-11H2,1-7H3/t13-/m0/s1. The Balaban J connectivity index is 2.66. The molecule has 0 aromatic heterocycles. The third kappa shape index (κ3) is 5.59. The van der Waals surface area contributed by atoms with Crippen molar-refractivity contribution in [2.75, 3.05) is 33.9 Å². The molecule has 0 aliphatic carbocycles. The molecule has 1 N–H and O–H groups in total. The first-order valence-corrected chi connectivity index (χ1v) is 8.83. The molecule has 1 amide bonds. The van der Waals surface area contributed by atoms with Gasteiger partial charge < -0.3 is 24.4 Å². The van der Waals surface area contributed by atoms with Gasteiger partial charge in [0.1, 0.15) is 17.1 Å². The Labute approximate surface area is 155 Å². The fourth-order valence-electron chi connectivity index (χ4n) is 2.93. The van der Waals surface area contributed by atoms with Crippen molar-refractivity contribution >= 4 is 18.0 Å². The molecular formula is C18H32N2O6. The van der Waals surface area contributed by atoms with Crippen LogP contribution in [0.25, 0.3) is 0 Å². The lowest BCUT2D eigenvalue weighted by atomic mass is 9.77. The molecule has 1 fully saturated rings. The van der Waals surface area contributed by atoms with Gasteiger partial charge in [0.05, 0.1) is 14.2 Å². The van der Waals surface area contributed by atoms with Gasteiger partial charge in [0.2, 0.25) is 0 Å². The van der Waals surface area contributed by atoms with E-state index in [1.807, 2.05) is 13.8 Å². The minimum absolute atomic E-state index is 0.0520. The molecule has 1 heterocycles. The summed E-state index contributed by atoms with van der Waals surface area (Å²) in [6.45, 7) is 10.1. The average molecular weight is 372 g/mol. The second-order valence-electron chi connectivity index (χ2n) is 8.06. The fraction of sp³-hybridized carbons (Fsp3) is 0.833. The van der Waals surface area contributed by atoms with Crippen LogP contribution in [0.3, 0.4) is 0 Å². The number of amides is 1. The highest BCUT2D eigenvalue weighted by atomic mass is 16.6. The number of hydrogen-bond acceptors (Lipinski definition) is 7. The fourth-order valence-corrected chi connectivity index (χ4v) is 2.93. The third-order valence-corrected chi connectivity index (χ3v) is 4.35. The van der Waals surface area contributed by atoms with Crippen LogP contribution in [0.5, 0.6) is 0 Å². The summed E-state index contributed by atoms with van der Waals surface area (Å²) in [6.07, 6.45) is -0.00117. The van der Waals surface area contributed by atoms with Crippen molar-refractivity contribution in [1.29, 1.82) is 0 Å². The molecule has 0 aromatic carbocycles. The molecule has 1 rings (SSSR count). The van der Waals surface area contributed by atoms with E-state index in [1.165, 1.54) is 19.1 Å². The zero-order valence-corrected chi connectivity index (χ0v) is 16.9. The van der Waals surface area contributed by atoms with Gasteiger partial charge in [-0.15, -0.1) is 0 Å². The highest BCUT2D eigenvalue weighted by Gasteiger charge is 2.52. The van der Waals surface area contributed by atoms with E-state index in [9.17, 15) is 14.4 Å². The first-order chi connectivity index (χ1) is 12.0. The van der Waals surface area contributed by atoms with E-state index in [1.54, 1.807) is 20.8 Å². The van der Waals surface area contributed by atoms with Gasteiger partial charge in [-0.1, -0.05) is 13.8 Å². The SMILES string of the molecule is COC(=O)[C@@H](NCCC1(C(=O)OC)CN(C(=O)OC(C)(C)C)C1)C(C)C. The first kappa shape index (κ1) is 22.2. The number of carbonyl (C=O) groups is 3. The van der Waals surface area contributed by atoms with Gasteiger partial charge >= 0.3 is 18.0 Å². The predicted molar refractivity (Wildman–Crippen MR) is 95.5 cm³/mol. The smallest absolute Gasteiger partial charge is 0.410 e. The summed E-state index contributed by atoms with van der Waals surface area (Å²) in [4.78, 5) is 37.7. The Morgan fingerprint density at radius 3 is 2.12 bits per heavy atom. The maximum absolute atomic E-state index is 12.2. The molecule has 150 valence electrons. The molecule has 26 heavy (non-hydrogen) atoms. The largest absolute Gasteiger partial charge is 0.468 e. The first-order valence-electron chi connectivity index (χ1n) is 8.83. The van der Waals surface area contributed by atoms with Gasteiger partial charge in [-0.05, 0) is 39.7 Å². The number of carbonyl (C=O) groups excluding carboxylic acids is 3. The minimum Gasteiger partial charge on any atom is -0.468 e. The van der Waals surface area contributed by atoms with Crippen molar-refractivity contribution in [2.24, 2.45) is 11.3 Å². The number of nitrogens with zero attached hydrogens (tertiary/aromatic N) is 1. The molecule has 1 saturated heterocycles. The number of methoxy groups -OCH3 is 2. The van der Waals surface area contributed by atoms with Gasteiger partial charge in [-0.2, -0.15) is 0 Å². The number of esters is 2. The summed E-state index contributed by atoms with van der Waals surface area (Å²) in [5.41, 5.74) is -1.37. The topological polar surface area (TPSA) is 94.2 Å². The molecule has 0 aromatic rings. The number of likely N-dealkylation sites (tertiary alicyclic amines) is 1. The van der Waals surface area contributed by atoms with Gasteiger partial charge in [-0.3, -0.25) is 9.59 Å². The van der Waals surface area contributed by atoms with Crippen molar-refractivity contribution < 1.29 is 28.6 Å². The van der Waals surface area contributed by atoms with Crippen LogP contribution in [-0.2, 0) is 23.8 Å². The van der Waals surface area contributed by atoms with Crippen LogP contribution in [0, 0.1) is 11.3 Å². The lowest BCUT2D eigenvalue weighted by molar-refractivity contribution is -0.163. The van der Waals surface area contributed by atoms with Crippen LogP contribution >= 0.6 is 0 Å². The number of rotatable bonds is 7. The van der Waals surface area contributed by atoms with Gasteiger partial charge in [0.15, 0.2) is 0 Å². The number of hydrogen-bond donors (Lipinski definition) is 1. The summed E-state index contributed by atoms with van der Waals surface area (Å²) < 4.78 is 15.0. The predicted octanol–water partition coefficient (Wildman–Crippen LogP) is 1.57. The molecule has 8 nitrogen and oxygen atoms in total. The van der Waals surface area contributed by atoms with Crippen LogP contribution in [0.4, 0.5) is 4.79 Å². The molecule has 1 atom stereocenters. The average Bonchev–Trinajstić information content (AvgIpc) is 2.49. The normalized spacial score (nSPS) is 17.3. The van der Waals surface area contributed by atoms with Crippen LogP contribution in [0.15, 0.2) is 0 Å². The van der Waals surface area contributed by atoms with E-state index in [4.69, 9.17) is 14.2 Å². The Kier molecular flexibility index (Phi) is 7.44. The Hall–Kier alpha value is -1.83. The quantitative estimate of drug-likeness (QED) is 0.535. The number of ether oxygens (including phenoxy) is 3. The van der Waals surface area contributed by atoms with Gasteiger partial charge in [0.25, 0.3) is 0 Å². The Bertz CT molecular complexity index is 520. The molecule has 0 spiro atoms. The maximum atomic E-state index is 12.2. The molecular weight excluding hydrogens is 340 g/mol. The molecule has 1 aliphatic heterocycles. The maximum Gasteiger partial charge on any atom is 0.410 e. The van der Waals surface area contributed by atoms with Crippen LogP contribution < -0.4 is 5.32 Å². The zero-order chi connectivity index (χ0) is 20.1. The molecule has 8 heteroatoms. The molecule has 1 aliphatic rings. The Morgan fingerprint density at radius 2 is 1.69 bits per heavy atom. The third-order valence-electron chi connectivity index (χ3n) is 4.35. The highest BCUT2D eigenvalue weighted by molar-refractivity contribution is 5.82. The second-order valence-corrected chi connectivity index (χ2v) is 8.06. The lowest BCUT2D eigenvalue weighted by Crippen LogP contribution is -2.64. The number of nitrogens with one attached hydrogen (secondary N) is 1. The van der Waals surface area contributed by atoms with E-state index >= 15 is 0 Å². The van der Waals surface area contributed by atoms with Crippen molar-refractivity contribution in [1.82, 2.24) is 10.2 Å². The van der Waals surface area contributed by atoms with Crippen LogP contribution in [0.1, 0.15) is 41.0 Å². The van der Waals surface area contributed by atoms with Crippen molar-refractivity contribution in [3.8, 4) is 0 Å². The Morgan fingerprint density at radius 1 is 1.12 bits per heavy atom. The van der Waals surface area contributed by atoms with E-state index in [2.05, 4.69) is 5.32 Å². The molecule has 0 saturated carbocycles. The minimum atomic E-state index is -0.781. The molecule has 0 unspecified atom stereocenters. The zero-order valence-electron chi connectivity index (χ0n) is 16.9. The van der Waals surface area contributed by atoms with E-state index in [0.29, 0.717) is 13.0 Å². The van der Waals surface area contributed by atoms with Crippen molar-refractivity contribution in [2.45, 2.75) is 52.7 Å². The summed E-state index contributed by atoms with van der Waals surface area (Å²) in [6, 6.07) is -0.447. The monoisotopic (exact) mass is 372 g/mol. The van der Waals surface area contributed by atoms with Crippen molar-refractivity contribution in [3.05, 3.63) is 0 Å². The van der Waals surface area contributed by atoms with Crippen LogP contribution in [0.2, 0.25) is 0 Å². The van der Waals surface area contributed by atoms with Gasteiger partial charge in [-0.25, -0.2) is 4.79 Å². The summed E-state index contributed by atoms with van der Waals surface area (Å²) in [7, 11) is 2.68. The molecule has 0 radical (unpaired) electrons. The highest BCUT2D eigenvalue weighted by Crippen LogP contribution is 2.36.